The van der Waals surface area contributed by atoms with Crippen molar-refractivity contribution < 1.29 is 19.5 Å². The number of piperazine rings is 1. The molecule has 1 aliphatic rings. The molecule has 1 aliphatic heterocycles. The van der Waals surface area contributed by atoms with Gasteiger partial charge in [0.1, 0.15) is 0 Å². The van der Waals surface area contributed by atoms with Crippen LogP contribution in [-0.4, -0.2) is 36.0 Å². The van der Waals surface area contributed by atoms with Crippen molar-refractivity contribution in [2.75, 3.05) is 13.1 Å². The van der Waals surface area contributed by atoms with Gasteiger partial charge >= 0.3 is 11.8 Å². The summed E-state index contributed by atoms with van der Waals surface area (Å²) < 4.78 is 0. The van der Waals surface area contributed by atoms with Gasteiger partial charge in [0.25, 0.3) is 5.97 Å². The molecule has 1 saturated heterocycles. The summed E-state index contributed by atoms with van der Waals surface area (Å²) in [5.41, 5.74) is 0. The van der Waals surface area contributed by atoms with Gasteiger partial charge in [-0.1, -0.05) is 0 Å². The Morgan fingerprint density at radius 2 is 1.50 bits per heavy atom. The van der Waals surface area contributed by atoms with E-state index in [4.69, 9.17) is 9.90 Å². The standard InChI is InChI=1S/C4H6N2O2.C2H4O2/c7-3-4(8)6-2-1-5-3;1-2(3)4/h1-2H2,(H,5,7)(H,6,8);1H3,(H,3,4). The van der Waals surface area contributed by atoms with Gasteiger partial charge in [-0.25, -0.2) is 0 Å². The fourth-order valence-electron chi connectivity index (χ4n) is 0.513. The van der Waals surface area contributed by atoms with Crippen molar-refractivity contribution in [1.82, 2.24) is 10.6 Å². The third kappa shape index (κ3) is 5.21. The quantitative estimate of drug-likeness (QED) is 0.382. The average Bonchev–Trinajstić information content (AvgIpc) is 1.94. The second kappa shape index (κ2) is 5.11. The van der Waals surface area contributed by atoms with Crippen LogP contribution in [-0.2, 0) is 14.4 Å². The van der Waals surface area contributed by atoms with Gasteiger partial charge < -0.3 is 15.7 Å². The molecule has 0 saturated carbocycles. The van der Waals surface area contributed by atoms with Gasteiger partial charge in [-0.15, -0.1) is 0 Å². The van der Waals surface area contributed by atoms with E-state index in [1.165, 1.54) is 0 Å². The third-order valence-corrected chi connectivity index (χ3v) is 0.902. The van der Waals surface area contributed by atoms with E-state index in [-0.39, 0.29) is 0 Å². The largest absolute Gasteiger partial charge is 0.481 e. The molecular formula is C6H10N2O4. The minimum absolute atomic E-state index is 0.531. The summed E-state index contributed by atoms with van der Waals surface area (Å²) in [6.07, 6.45) is 0. The van der Waals surface area contributed by atoms with Crippen molar-refractivity contribution in [1.29, 1.82) is 0 Å². The van der Waals surface area contributed by atoms with Crippen LogP contribution in [0.25, 0.3) is 0 Å². The molecule has 6 heteroatoms. The van der Waals surface area contributed by atoms with Crippen molar-refractivity contribution in [3.05, 3.63) is 0 Å². The van der Waals surface area contributed by atoms with Crippen LogP contribution in [0, 0.1) is 0 Å². The summed E-state index contributed by atoms with van der Waals surface area (Å²) in [7, 11) is 0. The van der Waals surface area contributed by atoms with E-state index >= 15 is 0 Å². The number of carboxylic acids is 1. The molecular weight excluding hydrogens is 164 g/mol. The van der Waals surface area contributed by atoms with Crippen LogP contribution >= 0.6 is 0 Å². The summed E-state index contributed by atoms with van der Waals surface area (Å²) in [5.74, 6) is -1.90. The Hall–Kier alpha value is -1.59. The predicted octanol–water partition coefficient (Wildman–Crippen LogP) is -1.68. The Bertz CT molecular complexity index is 182. The van der Waals surface area contributed by atoms with E-state index < -0.39 is 17.8 Å². The first kappa shape index (κ1) is 10.4. The van der Waals surface area contributed by atoms with E-state index in [9.17, 15) is 9.59 Å². The van der Waals surface area contributed by atoms with Crippen molar-refractivity contribution in [2.45, 2.75) is 6.92 Å². The number of hydrogen-bond acceptors (Lipinski definition) is 3. The average molecular weight is 174 g/mol. The fraction of sp³-hybridized carbons (Fsp3) is 0.500. The summed E-state index contributed by atoms with van der Waals surface area (Å²) in [4.78, 5) is 29.5. The molecule has 0 bridgehead atoms. The van der Waals surface area contributed by atoms with E-state index in [0.717, 1.165) is 6.92 Å². The van der Waals surface area contributed by atoms with E-state index in [0.29, 0.717) is 13.1 Å². The van der Waals surface area contributed by atoms with Crippen LogP contribution in [0.5, 0.6) is 0 Å². The van der Waals surface area contributed by atoms with E-state index in [1.807, 2.05) is 0 Å². The number of carbonyl (C=O) groups excluding carboxylic acids is 2. The Morgan fingerprint density at radius 3 is 1.67 bits per heavy atom. The molecule has 1 heterocycles. The van der Waals surface area contributed by atoms with E-state index in [2.05, 4.69) is 10.6 Å². The number of hydrogen-bond donors (Lipinski definition) is 3. The Morgan fingerprint density at radius 1 is 1.25 bits per heavy atom. The fourth-order valence-corrected chi connectivity index (χ4v) is 0.513. The number of rotatable bonds is 0. The first-order chi connectivity index (χ1) is 5.54. The van der Waals surface area contributed by atoms with Crippen molar-refractivity contribution >= 4 is 17.8 Å². The van der Waals surface area contributed by atoms with Crippen molar-refractivity contribution in [2.24, 2.45) is 0 Å². The lowest BCUT2D eigenvalue weighted by Crippen LogP contribution is -2.49. The number of nitrogens with one attached hydrogen (secondary N) is 2. The smallest absolute Gasteiger partial charge is 0.309 e. The lowest BCUT2D eigenvalue weighted by atomic mass is 10.4. The van der Waals surface area contributed by atoms with Crippen molar-refractivity contribution in [3.8, 4) is 0 Å². The predicted molar refractivity (Wildman–Crippen MR) is 39.3 cm³/mol. The van der Waals surface area contributed by atoms with Crippen LogP contribution in [0.1, 0.15) is 6.92 Å². The Balaban J connectivity index is 0.000000261. The first-order valence-corrected chi connectivity index (χ1v) is 3.29. The molecule has 12 heavy (non-hydrogen) atoms. The molecule has 0 aromatic heterocycles. The number of carbonyl (C=O) groups is 3. The second-order valence-electron chi connectivity index (χ2n) is 2.03. The van der Waals surface area contributed by atoms with Gasteiger partial charge in [-0.2, -0.15) is 0 Å². The van der Waals surface area contributed by atoms with Crippen LogP contribution in [0.15, 0.2) is 0 Å². The third-order valence-electron chi connectivity index (χ3n) is 0.902. The molecule has 0 aromatic rings. The highest BCUT2D eigenvalue weighted by atomic mass is 16.4. The maximum absolute atomic E-state index is 10.3. The summed E-state index contributed by atoms with van der Waals surface area (Å²) in [6, 6.07) is 0. The second-order valence-corrected chi connectivity index (χ2v) is 2.03. The summed E-state index contributed by atoms with van der Waals surface area (Å²) in [5, 5.41) is 12.2. The zero-order chi connectivity index (χ0) is 9.56. The number of aliphatic carboxylic acids is 1. The molecule has 0 atom stereocenters. The van der Waals surface area contributed by atoms with Gasteiger partial charge in [0.05, 0.1) is 0 Å². The molecule has 2 amide bonds. The normalized spacial score (nSPS) is 15.1. The zero-order valence-corrected chi connectivity index (χ0v) is 6.59. The molecule has 1 fully saturated rings. The maximum atomic E-state index is 10.3. The van der Waals surface area contributed by atoms with Gasteiger partial charge in [0, 0.05) is 20.0 Å². The lowest BCUT2D eigenvalue weighted by molar-refractivity contribution is -0.140. The van der Waals surface area contributed by atoms with Crippen LogP contribution in [0.2, 0.25) is 0 Å². The first-order valence-electron chi connectivity index (χ1n) is 3.29. The Labute approximate surface area is 68.9 Å². The highest BCUT2D eigenvalue weighted by Crippen LogP contribution is 1.73. The minimum Gasteiger partial charge on any atom is -0.481 e. The Kier molecular flexibility index (Phi) is 4.43. The highest BCUT2D eigenvalue weighted by molar-refractivity contribution is 6.35. The van der Waals surface area contributed by atoms with Gasteiger partial charge in [0.2, 0.25) is 0 Å². The summed E-state index contributed by atoms with van der Waals surface area (Å²) >= 11 is 0. The zero-order valence-electron chi connectivity index (χ0n) is 6.59. The molecule has 0 radical (unpaired) electrons. The SMILES string of the molecule is CC(=O)O.O=C1NCCNC1=O. The number of carboxylic acid groups (broad SMARTS) is 1. The van der Waals surface area contributed by atoms with Crippen LogP contribution in [0.4, 0.5) is 0 Å². The molecule has 3 N–H and O–H groups in total. The molecule has 0 unspecified atom stereocenters. The topological polar surface area (TPSA) is 95.5 Å². The van der Waals surface area contributed by atoms with E-state index in [1.54, 1.807) is 0 Å². The van der Waals surface area contributed by atoms with Crippen molar-refractivity contribution in [3.63, 3.8) is 0 Å². The molecule has 6 nitrogen and oxygen atoms in total. The summed E-state index contributed by atoms with van der Waals surface area (Å²) in [6.45, 7) is 2.18. The van der Waals surface area contributed by atoms with Gasteiger partial charge in [0.15, 0.2) is 0 Å². The monoisotopic (exact) mass is 174 g/mol. The van der Waals surface area contributed by atoms with Crippen LogP contribution in [0.3, 0.4) is 0 Å². The molecule has 0 aliphatic carbocycles. The number of amides is 2. The molecule has 1 rings (SSSR count). The molecule has 0 aromatic carbocycles. The van der Waals surface area contributed by atoms with Gasteiger partial charge in [-0.05, 0) is 0 Å². The maximum Gasteiger partial charge on any atom is 0.309 e. The molecule has 68 valence electrons. The van der Waals surface area contributed by atoms with Crippen LogP contribution < -0.4 is 10.6 Å². The van der Waals surface area contributed by atoms with Gasteiger partial charge in [-0.3, -0.25) is 14.4 Å². The highest BCUT2D eigenvalue weighted by Gasteiger charge is 2.15. The lowest BCUT2D eigenvalue weighted by Gasteiger charge is -2.10. The molecule has 0 spiro atoms. The minimum atomic E-state index is -0.833.